The summed E-state index contributed by atoms with van der Waals surface area (Å²) in [5.41, 5.74) is 1.39. The second kappa shape index (κ2) is 5.41. The van der Waals surface area contributed by atoms with Crippen LogP contribution in [-0.2, 0) is 0 Å². The second-order valence-corrected chi connectivity index (χ2v) is 5.71. The molecule has 108 valence electrons. The molecule has 3 heteroatoms. The molecule has 3 nitrogen and oxygen atoms in total. The number of benzene rings is 1. The summed E-state index contributed by atoms with van der Waals surface area (Å²) in [7, 11) is 0. The van der Waals surface area contributed by atoms with Crippen molar-refractivity contribution >= 4 is 16.8 Å². The number of rotatable bonds is 5. The fourth-order valence-electron chi connectivity index (χ4n) is 2.73. The highest BCUT2D eigenvalue weighted by Gasteiger charge is 2.35. The van der Waals surface area contributed by atoms with Gasteiger partial charge in [0, 0.05) is 5.39 Å². The summed E-state index contributed by atoms with van der Waals surface area (Å²) in [4.78, 5) is 14.9. The standard InChI is InChI=1S/C17H23NO2/c1-6-18(7-2)17(4,5)16(19)15-11-13-10-12(3)8-9-14(13)20-15/h8-11H,6-7H2,1-5H3. The van der Waals surface area contributed by atoms with E-state index in [9.17, 15) is 4.79 Å². The van der Waals surface area contributed by atoms with Crippen molar-refractivity contribution in [2.24, 2.45) is 0 Å². The van der Waals surface area contributed by atoms with Crippen LogP contribution in [-0.4, -0.2) is 29.3 Å². The Hall–Kier alpha value is -1.61. The molecule has 0 spiro atoms. The second-order valence-electron chi connectivity index (χ2n) is 5.71. The van der Waals surface area contributed by atoms with E-state index in [2.05, 4.69) is 18.7 Å². The Morgan fingerprint density at radius 2 is 1.85 bits per heavy atom. The summed E-state index contributed by atoms with van der Waals surface area (Å²) in [6, 6.07) is 7.82. The van der Waals surface area contributed by atoms with Gasteiger partial charge in [0.2, 0.25) is 5.78 Å². The zero-order chi connectivity index (χ0) is 14.9. The van der Waals surface area contributed by atoms with Gasteiger partial charge in [0.05, 0.1) is 5.54 Å². The molecule has 0 saturated heterocycles. The summed E-state index contributed by atoms with van der Waals surface area (Å²) in [5.74, 6) is 0.484. The van der Waals surface area contributed by atoms with Crippen LogP contribution in [0.5, 0.6) is 0 Å². The summed E-state index contributed by atoms with van der Waals surface area (Å²) >= 11 is 0. The fourth-order valence-corrected chi connectivity index (χ4v) is 2.73. The largest absolute Gasteiger partial charge is 0.453 e. The molecule has 1 aromatic heterocycles. The number of nitrogens with zero attached hydrogens (tertiary/aromatic N) is 1. The fraction of sp³-hybridized carbons (Fsp3) is 0.471. The minimum Gasteiger partial charge on any atom is -0.453 e. The van der Waals surface area contributed by atoms with Crippen LogP contribution in [0.3, 0.4) is 0 Å². The van der Waals surface area contributed by atoms with Crippen molar-refractivity contribution in [3.63, 3.8) is 0 Å². The lowest BCUT2D eigenvalue weighted by molar-refractivity contribution is 0.0641. The number of fused-ring (bicyclic) bond motifs is 1. The van der Waals surface area contributed by atoms with E-state index in [4.69, 9.17) is 4.42 Å². The van der Waals surface area contributed by atoms with Crippen LogP contribution in [0, 0.1) is 6.92 Å². The van der Waals surface area contributed by atoms with E-state index in [1.165, 1.54) is 5.56 Å². The molecule has 0 N–H and O–H groups in total. The number of hydrogen-bond acceptors (Lipinski definition) is 3. The maximum atomic E-state index is 12.7. The molecule has 0 unspecified atom stereocenters. The molecule has 0 amide bonds. The van der Waals surface area contributed by atoms with Crippen LogP contribution in [0.4, 0.5) is 0 Å². The topological polar surface area (TPSA) is 33.5 Å². The quantitative estimate of drug-likeness (QED) is 0.771. The molecule has 20 heavy (non-hydrogen) atoms. The summed E-state index contributed by atoms with van der Waals surface area (Å²) in [5, 5.41) is 0.990. The lowest BCUT2D eigenvalue weighted by atomic mass is 9.94. The van der Waals surface area contributed by atoms with Crippen molar-refractivity contribution in [3.8, 4) is 0 Å². The van der Waals surface area contributed by atoms with Gasteiger partial charge in [-0.05, 0) is 52.1 Å². The Balaban J connectivity index is 2.40. The molecule has 0 aliphatic rings. The number of carbonyl (C=O) groups excluding carboxylic acids is 1. The van der Waals surface area contributed by atoms with E-state index in [0.717, 1.165) is 24.1 Å². The molecular formula is C17H23NO2. The number of ketones is 1. The molecule has 0 aliphatic carbocycles. The minimum atomic E-state index is -0.549. The number of Topliss-reactive ketones (excluding diaryl/α,β-unsaturated/α-hetero) is 1. The van der Waals surface area contributed by atoms with Crippen molar-refractivity contribution < 1.29 is 9.21 Å². The molecule has 0 aliphatic heterocycles. The van der Waals surface area contributed by atoms with E-state index < -0.39 is 5.54 Å². The number of hydrogen-bond donors (Lipinski definition) is 0. The smallest absolute Gasteiger partial charge is 0.217 e. The molecule has 2 aromatic rings. The molecule has 1 aromatic carbocycles. The first kappa shape index (κ1) is 14.8. The van der Waals surface area contributed by atoms with Crippen LogP contribution < -0.4 is 0 Å². The number of likely N-dealkylation sites (N-methyl/N-ethyl adjacent to an activating group) is 1. The third-order valence-corrected chi connectivity index (χ3v) is 4.01. The molecular weight excluding hydrogens is 250 g/mol. The van der Waals surface area contributed by atoms with E-state index >= 15 is 0 Å². The molecule has 0 fully saturated rings. The van der Waals surface area contributed by atoms with Gasteiger partial charge in [-0.1, -0.05) is 25.5 Å². The van der Waals surface area contributed by atoms with Crippen molar-refractivity contribution in [3.05, 3.63) is 35.6 Å². The average Bonchev–Trinajstić information content (AvgIpc) is 2.81. The van der Waals surface area contributed by atoms with Crippen molar-refractivity contribution in [2.75, 3.05) is 13.1 Å². The van der Waals surface area contributed by atoms with Crippen molar-refractivity contribution in [2.45, 2.75) is 40.2 Å². The third kappa shape index (κ3) is 2.50. The van der Waals surface area contributed by atoms with Gasteiger partial charge in [0.15, 0.2) is 5.76 Å². The van der Waals surface area contributed by atoms with Gasteiger partial charge < -0.3 is 4.42 Å². The van der Waals surface area contributed by atoms with Crippen molar-refractivity contribution in [1.29, 1.82) is 0 Å². The SMILES string of the molecule is CCN(CC)C(C)(C)C(=O)c1cc2cc(C)ccc2o1. The highest BCUT2D eigenvalue weighted by molar-refractivity contribution is 6.03. The van der Waals surface area contributed by atoms with E-state index in [1.807, 2.05) is 45.0 Å². The summed E-state index contributed by atoms with van der Waals surface area (Å²) < 4.78 is 5.73. The first-order valence-electron chi connectivity index (χ1n) is 7.20. The van der Waals surface area contributed by atoms with Crippen LogP contribution in [0.1, 0.15) is 43.8 Å². The van der Waals surface area contributed by atoms with Crippen LogP contribution in [0.25, 0.3) is 11.0 Å². The zero-order valence-electron chi connectivity index (χ0n) is 13.0. The number of furan rings is 1. The molecule has 2 rings (SSSR count). The average molecular weight is 273 g/mol. The summed E-state index contributed by atoms with van der Waals surface area (Å²) in [6.45, 7) is 11.8. The van der Waals surface area contributed by atoms with Gasteiger partial charge in [0.25, 0.3) is 0 Å². The Labute approximate surface area is 120 Å². The van der Waals surface area contributed by atoms with Gasteiger partial charge in [-0.15, -0.1) is 0 Å². The summed E-state index contributed by atoms with van der Waals surface area (Å²) in [6.07, 6.45) is 0. The van der Waals surface area contributed by atoms with Gasteiger partial charge in [0.1, 0.15) is 5.58 Å². The van der Waals surface area contributed by atoms with E-state index in [0.29, 0.717) is 5.76 Å². The molecule has 1 heterocycles. The first-order valence-corrected chi connectivity index (χ1v) is 7.20. The van der Waals surface area contributed by atoms with Gasteiger partial charge in [-0.3, -0.25) is 9.69 Å². The van der Waals surface area contributed by atoms with Gasteiger partial charge >= 0.3 is 0 Å². The van der Waals surface area contributed by atoms with E-state index in [-0.39, 0.29) is 5.78 Å². The zero-order valence-corrected chi connectivity index (χ0v) is 13.0. The monoisotopic (exact) mass is 273 g/mol. The van der Waals surface area contributed by atoms with E-state index in [1.54, 1.807) is 0 Å². The lowest BCUT2D eigenvalue weighted by Gasteiger charge is -2.34. The molecule has 0 atom stereocenters. The molecule has 0 bridgehead atoms. The molecule has 0 saturated carbocycles. The van der Waals surface area contributed by atoms with Crippen molar-refractivity contribution in [1.82, 2.24) is 4.90 Å². The van der Waals surface area contributed by atoms with Crippen LogP contribution in [0.15, 0.2) is 28.7 Å². The Kier molecular flexibility index (Phi) is 4.00. The number of carbonyl (C=O) groups is 1. The molecule has 0 radical (unpaired) electrons. The van der Waals surface area contributed by atoms with Gasteiger partial charge in [-0.25, -0.2) is 0 Å². The maximum Gasteiger partial charge on any atom is 0.217 e. The Morgan fingerprint density at radius 1 is 1.20 bits per heavy atom. The van der Waals surface area contributed by atoms with Crippen LogP contribution >= 0.6 is 0 Å². The normalized spacial score (nSPS) is 12.3. The van der Waals surface area contributed by atoms with Gasteiger partial charge in [-0.2, -0.15) is 0 Å². The highest BCUT2D eigenvalue weighted by Crippen LogP contribution is 2.26. The maximum absolute atomic E-state index is 12.7. The Bertz CT molecular complexity index is 621. The lowest BCUT2D eigenvalue weighted by Crippen LogP contribution is -2.49. The predicted octanol–water partition coefficient (Wildman–Crippen LogP) is 4.04. The number of aryl methyl sites for hydroxylation is 1. The van der Waals surface area contributed by atoms with Crippen LogP contribution in [0.2, 0.25) is 0 Å². The highest BCUT2D eigenvalue weighted by atomic mass is 16.3. The third-order valence-electron chi connectivity index (χ3n) is 4.01. The first-order chi connectivity index (χ1) is 9.40. The minimum absolute atomic E-state index is 0.0371. The Morgan fingerprint density at radius 3 is 2.45 bits per heavy atom. The predicted molar refractivity (Wildman–Crippen MR) is 82.3 cm³/mol.